The summed E-state index contributed by atoms with van der Waals surface area (Å²) in [5.41, 5.74) is 3.11. The maximum atomic E-state index is 15.2. The number of hydrogen-bond donors (Lipinski definition) is 1. The lowest BCUT2D eigenvalue weighted by Crippen LogP contribution is -2.19. The van der Waals surface area contributed by atoms with Gasteiger partial charge < -0.3 is 10.1 Å². The minimum absolute atomic E-state index is 0.236. The molecule has 3 nitrogen and oxygen atoms in total. The lowest BCUT2D eigenvalue weighted by atomic mass is 9.89. The zero-order valence-electron chi connectivity index (χ0n) is 18.7. The third kappa shape index (κ3) is 6.54. The Morgan fingerprint density at radius 2 is 1.76 bits per heavy atom. The first-order valence-electron chi connectivity index (χ1n) is 10.6. The number of methoxy groups -OCH3 is 1. The van der Waals surface area contributed by atoms with Gasteiger partial charge in [0.1, 0.15) is 5.82 Å². The molecule has 1 heterocycles. The van der Waals surface area contributed by atoms with E-state index in [1.165, 1.54) is 12.1 Å². The average molecular weight is 473 g/mol. The number of aromatic nitrogens is 1. The van der Waals surface area contributed by atoms with E-state index in [2.05, 4.69) is 16.9 Å². The molecule has 3 aromatic rings. The second kappa shape index (κ2) is 11.8. The predicted octanol–water partition coefficient (Wildman–Crippen LogP) is 6.70. The van der Waals surface area contributed by atoms with Crippen LogP contribution in [0.3, 0.4) is 0 Å². The van der Waals surface area contributed by atoms with E-state index < -0.39 is 17.5 Å². The highest BCUT2D eigenvalue weighted by atomic mass is 32.2. The van der Waals surface area contributed by atoms with Crippen molar-refractivity contribution in [2.24, 2.45) is 0 Å². The van der Waals surface area contributed by atoms with Crippen LogP contribution in [-0.2, 0) is 6.54 Å². The second-order valence-electron chi connectivity index (χ2n) is 7.64. The molecule has 3 rings (SSSR count). The number of nitrogens with zero attached hydrogens (tertiary/aromatic N) is 1. The number of ether oxygens (including phenoxy) is 1. The number of pyridine rings is 1. The van der Waals surface area contributed by atoms with E-state index >= 15 is 4.39 Å². The smallest absolute Gasteiger partial charge is 0.213 e. The number of nitrogens with one attached hydrogen (secondary N) is 1. The summed E-state index contributed by atoms with van der Waals surface area (Å²) in [7, 11) is 1.56. The Balaban J connectivity index is 1.81. The van der Waals surface area contributed by atoms with Crippen LogP contribution in [0.25, 0.3) is 11.1 Å². The molecule has 1 atom stereocenters. The van der Waals surface area contributed by atoms with Crippen LogP contribution < -0.4 is 10.1 Å². The molecular formula is C26H27F3N2OS. The molecule has 0 aliphatic carbocycles. The summed E-state index contributed by atoms with van der Waals surface area (Å²) in [6.45, 7) is 4.69. The zero-order chi connectivity index (χ0) is 23.8. The molecule has 1 aromatic heterocycles. The molecule has 0 fully saturated rings. The van der Waals surface area contributed by atoms with Crippen molar-refractivity contribution in [1.82, 2.24) is 10.3 Å². The van der Waals surface area contributed by atoms with Crippen LogP contribution in [0.1, 0.15) is 29.9 Å². The Morgan fingerprint density at radius 1 is 1.03 bits per heavy atom. The van der Waals surface area contributed by atoms with Crippen LogP contribution >= 0.6 is 11.8 Å². The Morgan fingerprint density at radius 3 is 2.42 bits per heavy atom. The third-order valence-corrected chi connectivity index (χ3v) is 6.12. The molecule has 0 amide bonds. The Hall–Kier alpha value is -2.93. The molecule has 174 valence electrons. The summed E-state index contributed by atoms with van der Waals surface area (Å²) in [6, 6.07) is 12.1. The van der Waals surface area contributed by atoms with Gasteiger partial charge >= 0.3 is 0 Å². The SMILES string of the molecule is C=C(NCc1ccnc(OC)c1)C(CCCSC)c1ccc(-c2ccc(F)c(F)c2)cc1F. The van der Waals surface area contributed by atoms with Gasteiger partial charge in [-0.25, -0.2) is 18.2 Å². The van der Waals surface area contributed by atoms with Crippen molar-refractivity contribution in [1.29, 1.82) is 0 Å². The summed E-state index contributed by atoms with van der Waals surface area (Å²) in [5.74, 6) is -1.05. The number of halogens is 3. The number of thioether (sulfide) groups is 1. The van der Waals surface area contributed by atoms with Crippen LogP contribution in [0.15, 0.2) is 67.0 Å². The van der Waals surface area contributed by atoms with E-state index in [9.17, 15) is 8.78 Å². The van der Waals surface area contributed by atoms with Crippen LogP contribution in [-0.4, -0.2) is 24.1 Å². The van der Waals surface area contributed by atoms with Crippen molar-refractivity contribution < 1.29 is 17.9 Å². The van der Waals surface area contributed by atoms with Crippen molar-refractivity contribution in [2.45, 2.75) is 25.3 Å². The van der Waals surface area contributed by atoms with Crippen LogP contribution in [0.4, 0.5) is 13.2 Å². The minimum atomic E-state index is -0.961. The Kier molecular flexibility index (Phi) is 8.83. The molecule has 0 spiro atoms. The van der Waals surface area contributed by atoms with Gasteiger partial charge in [0.2, 0.25) is 5.88 Å². The minimum Gasteiger partial charge on any atom is -0.481 e. The Labute approximate surface area is 197 Å². The number of hydrogen-bond acceptors (Lipinski definition) is 4. The fraction of sp³-hybridized carbons (Fsp3) is 0.269. The molecule has 0 saturated carbocycles. The topological polar surface area (TPSA) is 34.2 Å². The lowest BCUT2D eigenvalue weighted by molar-refractivity contribution is 0.397. The molecule has 0 bridgehead atoms. The van der Waals surface area contributed by atoms with Crippen molar-refractivity contribution >= 4 is 11.8 Å². The zero-order valence-corrected chi connectivity index (χ0v) is 19.5. The van der Waals surface area contributed by atoms with Gasteiger partial charge in [-0.15, -0.1) is 0 Å². The molecular weight excluding hydrogens is 445 g/mol. The highest BCUT2D eigenvalue weighted by Crippen LogP contribution is 2.32. The predicted molar refractivity (Wildman–Crippen MR) is 129 cm³/mol. The molecule has 0 saturated heterocycles. The van der Waals surface area contributed by atoms with Crippen LogP contribution in [0.2, 0.25) is 0 Å². The molecule has 1 N–H and O–H groups in total. The maximum Gasteiger partial charge on any atom is 0.213 e. The molecule has 7 heteroatoms. The van der Waals surface area contributed by atoms with E-state index in [1.54, 1.807) is 37.2 Å². The summed E-state index contributed by atoms with van der Waals surface area (Å²) in [4.78, 5) is 4.10. The van der Waals surface area contributed by atoms with E-state index in [0.29, 0.717) is 34.8 Å². The Bertz CT molecular complexity index is 1110. The second-order valence-corrected chi connectivity index (χ2v) is 8.62. The van der Waals surface area contributed by atoms with Crippen molar-refractivity contribution in [3.8, 4) is 17.0 Å². The largest absolute Gasteiger partial charge is 0.481 e. The standard InChI is InChI=1S/C26H27F3N2OS/c1-17(31-16-18-10-11-30-26(13-18)32-2)21(5-4-12-33-3)22-8-6-19(14-24(22)28)20-7-9-23(27)25(29)15-20/h6-11,13-15,21,31H,1,4-5,12,16H2,2-3H3. The first-order valence-corrected chi connectivity index (χ1v) is 12.0. The molecule has 1 unspecified atom stereocenters. The summed E-state index contributed by atoms with van der Waals surface area (Å²) >= 11 is 1.74. The van der Waals surface area contributed by atoms with Gasteiger partial charge in [0.25, 0.3) is 0 Å². The monoisotopic (exact) mass is 472 g/mol. The van der Waals surface area contributed by atoms with Crippen molar-refractivity contribution in [2.75, 3.05) is 19.1 Å². The van der Waals surface area contributed by atoms with Gasteiger partial charge in [-0.05, 0) is 71.4 Å². The number of rotatable bonds is 11. The molecule has 0 aliphatic heterocycles. The van der Waals surface area contributed by atoms with Crippen LogP contribution in [0, 0.1) is 17.5 Å². The first-order chi connectivity index (χ1) is 15.9. The van der Waals surface area contributed by atoms with E-state index in [0.717, 1.165) is 36.3 Å². The summed E-state index contributed by atoms with van der Waals surface area (Å²) in [6.07, 6.45) is 5.34. The molecule has 0 aliphatic rings. The van der Waals surface area contributed by atoms with E-state index in [-0.39, 0.29) is 5.92 Å². The van der Waals surface area contributed by atoms with Gasteiger partial charge in [-0.2, -0.15) is 11.8 Å². The van der Waals surface area contributed by atoms with Crippen LogP contribution in [0.5, 0.6) is 5.88 Å². The van der Waals surface area contributed by atoms with E-state index in [4.69, 9.17) is 4.74 Å². The van der Waals surface area contributed by atoms with E-state index in [1.807, 2.05) is 18.4 Å². The van der Waals surface area contributed by atoms with Gasteiger partial charge in [-0.3, -0.25) is 0 Å². The third-order valence-electron chi connectivity index (χ3n) is 5.42. The maximum absolute atomic E-state index is 15.2. The van der Waals surface area contributed by atoms with Gasteiger partial charge in [0.05, 0.1) is 7.11 Å². The molecule has 2 aromatic carbocycles. The van der Waals surface area contributed by atoms with Gasteiger partial charge in [-0.1, -0.05) is 24.8 Å². The number of allylic oxidation sites excluding steroid dienone is 1. The average Bonchev–Trinajstić information content (AvgIpc) is 2.82. The highest BCUT2D eigenvalue weighted by molar-refractivity contribution is 7.98. The summed E-state index contributed by atoms with van der Waals surface area (Å²) in [5, 5.41) is 3.32. The van der Waals surface area contributed by atoms with Gasteiger partial charge in [0.15, 0.2) is 11.6 Å². The molecule has 33 heavy (non-hydrogen) atoms. The summed E-state index contributed by atoms with van der Waals surface area (Å²) < 4.78 is 47.3. The van der Waals surface area contributed by atoms with Crippen molar-refractivity contribution in [3.05, 3.63) is 95.6 Å². The number of benzene rings is 2. The van der Waals surface area contributed by atoms with Gasteiger partial charge in [0, 0.05) is 30.4 Å². The highest BCUT2D eigenvalue weighted by Gasteiger charge is 2.20. The fourth-order valence-corrected chi connectivity index (χ4v) is 4.08. The fourth-order valence-electron chi connectivity index (χ4n) is 3.63. The normalized spacial score (nSPS) is 11.8. The molecule has 0 radical (unpaired) electrons. The first kappa shape index (κ1) is 24.7. The van der Waals surface area contributed by atoms with Crippen molar-refractivity contribution in [3.63, 3.8) is 0 Å². The lowest BCUT2D eigenvalue weighted by Gasteiger charge is -2.23. The quantitative estimate of drug-likeness (QED) is 0.315.